The number of benzene rings is 1. The lowest BCUT2D eigenvalue weighted by atomic mass is 10.2. The Kier molecular flexibility index (Phi) is 4.46. The highest BCUT2D eigenvalue weighted by atomic mass is 35.5. The van der Waals surface area contributed by atoms with E-state index in [1.54, 1.807) is 6.20 Å². The molecule has 0 aliphatic heterocycles. The first-order chi connectivity index (χ1) is 9.77. The Balaban J connectivity index is 2.06. The van der Waals surface area contributed by atoms with E-state index in [-0.39, 0.29) is 11.1 Å². The van der Waals surface area contributed by atoms with Crippen LogP contribution >= 0.6 is 11.6 Å². The molecule has 0 amide bonds. The van der Waals surface area contributed by atoms with Gasteiger partial charge >= 0.3 is 6.18 Å². The first-order valence-corrected chi connectivity index (χ1v) is 6.79. The molecule has 1 N–H and O–H groups in total. The van der Waals surface area contributed by atoms with Crippen LogP contribution in [-0.4, -0.2) is 9.78 Å². The third-order valence-electron chi connectivity index (χ3n) is 2.96. The highest BCUT2D eigenvalue weighted by molar-refractivity contribution is 6.33. The molecule has 2 aromatic rings. The monoisotopic (exact) mass is 317 g/mol. The van der Waals surface area contributed by atoms with Crippen LogP contribution in [0.5, 0.6) is 0 Å². The zero-order valence-electron chi connectivity index (χ0n) is 11.6. The third kappa shape index (κ3) is 3.91. The highest BCUT2D eigenvalue weighted by Gasteiger charge is 2.30. The fourth-order valence-electron chi connectivity index (χ4n) is 1.78. The van der Waals surface area contributed by atoms with Crippen molar-refractivity contribution in [2.75, 3.05) is 5.32 Å². The van der Waals surface area contributed by atoms with Gasteiger partial charge in [0.05, 0.1) is 22.5 Å². The predicted octanol–water partition coefficient (Wildman–Crippen LogP) is 4.75. The van der Waals surface area contributed by atoms with Crippen molar-refractivity contribution in [2.45, 2.75) is 32.6 Å². The van der Waals surface area contributed by atoms with Crippen molar-refractivity contribution in [3.63, 3.8) is 0 Å². The Morgan fingerprint density at radius 3 is 2.57 bits per heavy atom. The molecule has 2 rings (SSSR count). The van der Waals surface area contributed by atoms with E-state index in [2.05, 4.69) is 10.4 Å². The van der Waals surface area contributed by atoms with E-state index < -0.39 is 11.7 Å². The molecule has 114 valence electrons. The van der Waals surface area contributed by atoms with Crippen LogP contribution in [0.3, 0.4) is 0 Å². The SMILES string of the molecule is CC(C)n1cc(CNc2ccc(C(F)(F)F)cc2Cl)cn1. The first kappa shape index (κ1) is 15.7. The average molecular weight is 318 g/mol. The number of anilines is 1. The van der Waals surface area contributed by atoms with Gasteiger partial charge in [0.1, 0.15) is 0 Å². The molecule has 1 aromatic carbocycles. The highest BCUT2D eigenvalue weighted by Crippen LogP contribution is 2.33. The molecule has 0 aliphatic rings. The van der Waals surface area contributed by atoms with Crippen molar-refractivity contribution in [1.29, 1.82) is 0 Å². The van der Waals surface area contributed by atoms with Gasteiger partial charge in [-0.1, -0.05) is 11.6 Å². The maximum Gasteiger partial charge on any atom is 0.416 e. The van der Waals surface area contributed by atoms with Crippen molar-refractivity contribution in [2.24, 2.45) is 0 Å². The third-order valence-corrected chi connectivity index (χ3v) is 3.28. The Hall–Kier alpha value is -1.69. The summed E-state index contributed by atoms with van der Waals surface area (Å²) >= 11 is 5.87. The van der Waals surface area contributed by atoms with Crippen LogP contribution in [0, 0.1) is 0 Å². The summed E-state index contributed by atoms with van der Waals surface area (Å²) in [5.74, 6) is 0. The van der Waals surface area contributed by atoms with Gasteiger partial charge in [0, 0.05) is 24.3 Å². The molecule has 21 heavy (non-hydrogen) atoms. The van der Waals surface area contributed by atoms with E-state index in [1.807, 2.05) is 24.7 Å². The quantitative estimate of drug-likeness (QED) is 0.882. The number of nitrogens with one attached hydrogen (secondary N) is 1. The second kappa shape index (κ2) is 5.97. The van der Waals surface area contributed by atoms with Gasteiger partial charge in [-0.3, -0.25) is 4.68 Å². The number of halogens is 4. The minimum Gasteiger partial charge on any atom is -0.380 e. The Labute approximate surface area is 125 Å². The van der Waals surface area contributed by atoms with Crippen LogP contribution in [-0.2, 0) is 12.7 Å². The first-order valence-electron chi connectivity index (χ1n) is 6.41. The molecule has 0 aliphatic carbocycles. The van der Waals surface area contributed by atoms with Gasteiger partial charge in [0.2, 0.25) is 0 Å². The summed E-state index contributed by atoms with van der Waals surface area (Å²) in [7, 11) is 0. The van der Waals surface area contributed by atoms with Crippen LogP contribution in [0.15, 0.2) is 30.6 Å². The smallest absolute Gasteiger partial charge is 0.380 e. The van der Waals surface area contributed by atoms with Gasteiger partial charge in [0.15, 0.2) is 0 Å². The number of hydrogen-bond donors (Lipinski definition) is 1. The van der Waals surface area contributed by atoms with Crippen LogP contribution in [0.25, 0.3) is 0 Å². The van der Waals surface area contributed by atoms with Crippen molar-refractivity contribution >= 4 is 17.3 Å². The molecule has 1 aromatic heterocycles. The minimum atomic E-state index is -4.39. The van der Waals surface area contributed by atoms with Gasteiger partial charge in [-0.05, 0) is 32.0 Å². The molecule has 7 heteroatoms. The van der Waals surface area contributed by atoms with Crippen molar-refractivity contribution in [3.05, 3.63) is 46.7 Å². The maximum atomic E-state index is 12.5. The topological polar surface area (TPSA) is 29.9 Å². The molecule has 0 atom stereocenters. The molecule has 0 fully saturated rings. The second-order valence-corrected chi connectivity index (χ2v) is 5.38. The molecule has 0 unspecified atom stereocenters. The van der Waals surface area contributed by atoms with E-state index in [9.17, 15) is 13.2 Å². The van der Waals surface area contributed by atoms with Crippen molar-refractivity contribution < 1.29 is 13.2 Å². The summed E-state index contributed by atoms with van der Waals surface area (Å²) in [5, 5.41) is 7.24. The standard InChI is InChI=1S/C14H15ClF3N3/c1-9(2)21-8-10(7-20-21)6-19-13-4-3-11(5-12(13)15)14(16,17)18/h3-5,7-9,19H,6H2,1-2H3. The molecule has 0 saturated carbocycles. The molecule has 0 spiro atoms. The zero-order chi connectivity index (χ0) is 15.6. The summed E-state index contributed by atoms with van der Waals surface area (Å²) in [6.45, 7) is 4.46. The van der Waals surface area contributed by atoms with Crippen LogP contribution in [0.1, 0.15) is 31.0 Å². The lowest BCUT2D eigenvalue weighted by Gasteiger charge is -2.11. The predicted molar refractivity (Wildman–Crippen MR) is 76.4 cm³/mol. The van der Waals surface area contributed by atoms with E-state index in [0.29, 0.717) is 12.2 Å². The number of alkyl halides is 3. The molecule has 0 radical (unpaired) electrons. The Morgan fingerprint density at radius 1 is 1.33 bits per heavy atom. The average Bonchev–Trinajstić information content (AvgIpc) is 2.85. The minimum absolute atomic E-state index is 0.0427. The summed E-state index contributed by atoms with van der Waals surface area (Å²) in [5.41, 5.74) is 0.632. The number of hydrogen-bond acceptors (Lipinski definition) is 2. The van der Waals surface area contributed by atoms with E-state index >= 15 is 0 Å². The number of aromatic nitrogens is 2. The fourth-order valence-corrected chi connectivity index (χ4v) is 2.03. The van der Waals surface area contributed by atoms with Gasteiger partial charge in [-0.25, -0.2) is 0 Å². The molecule has 0 saturated heterocycles. The maximum absolute atomic E-state index is 12.5. The van der Waals surface area contributed by atoms with Gasteiger partial charge in [-0.15, -0.1) is 0 Å². The summed E-state index contributed by atoms with van der Waals surface area (Å²) in [6, 6.07) is 3.51. The van der Waals surface area contributed by atoms with E-state index in [1.165, 1.54) is 6.07 Å². The largest absolute Gasteiger partial charge is 0.416 e. The second-order valence-electron chi connectivity index (χ2n) is 4.97. The lowest BCUT2D eigenvalue weighted by molar-refractivity contribution is -0.137. The van der Waals surface area contributed by atoms with Crippen LogP contribution < -0.4 is 5.32 Å². The molecule has 3 nitrogen and oxygen atoms in total. The Bertz CT molecular complexity index is 620. The summed E-state index contributed by atoms with van der Waals surface area (Å²) in [4.78, 5) is 0. The van der Waals surface area contributed by atoms with Crippen LogP contribution in [0.2, 0.25) is 5.02 Å². The van der Waals surface area contributed by atoms with E-state index in [4.69, 9.17) is 11.6 Å². The normalized spacial score (nSPS) is 12.0. The van der Waals surface area contributed by atoms with E-state index in [0.717, 1.165) is 17.7 Å². The van der Waals surface area contributed by atoms with Gasteiger partial charge in [-0.2, -0.15) is 18.3 Å². The molecular formula is C14H15ClF3N3. The van der Waals surface area contributed by atoms with Gasteiger partial charge in [0.25, 0.3) is 0 Å². The summed E-state index contributed by atoms with van der Waals surface area (Å²) < 4.78 is 39.4. The summed E-state index contributed by atoms with van der Waals surface area (Å²) in [6.07, 6.45) is -0.790. The van der Waals surface area contributed by atoms with Crippen molar-refractivity contribution in [3.8, 4) is 0 Å². The number of nitrogens with zero attached hydrogens (tertiary/aromatic N) is 2. The lowest BCUT2D eigenvalue weighted by Crippen LogP contribution is -2.06. The molecule has 1 heterocycles. The Morgan fingerprint density at radius 2 is 2.05 bits per heavy atom. The van der Waals surface area contributed by atoms with Crippen LogP contribution in [0.4, 0.5) is 18.9 Å². The number of rotatable bonds is 4. The fraction of sp³-hybridized carbons (Fsp3) is 0.357. The van der Waals surface area contributed by atoms with Gasteiger partial charge < -0.3 is 5.32 Å². The van der Waals surface area contributed by atoms with Crippen molar-refractivity contribution in [1.82, 2.24) is 9.78 Å². The molecular weight excluding hydrogens is 303 g/mol. The molecule has 0 bridgehead atoms. The zero-order valence-corrected chi connectivity index (χ0v) is 12.3.